The van der Waals surface area contributed by atoms with E-state index in [2.05, 4.69) is 88.6 Å². The van der Waals surface area contributed by atoms with E-state index < -0.39 is 14.0 Å². The molecular formula is C45H62N10O4Si. The largest absolute Gasteiger partial charge is 0.476 e. The van der Waals surface area contributed by atoms with Gasteiger partial charge in [0, 0.05) is 49.6 Å². The lowest BCUT2D eigenvalue weighted by Gasteiger charge is -2.20. The lowest BCUT2D eigenvalue weighted by Crippen LogP contribution is -2.22. The van der Waals surface area contributed by atoms with E-state index in [-0.39, 0.29) is 19.0 Å². The van der Waals surface area contributed by atoms with Crippen molar-refractivity contribution in [3.05, 3.63) is 130 Å². The molecule has 0 saturated heterocycles. The zero-order chi connectivity index (χ0) is 41.9. The van der Waals surface area contributed by atoms with E-state index in [1.54, 1.807) is 17.1 Å². The SMILES string of the molecule is C.CC1CCc2c(C(=O)Nc3cnn(Cc4ccccc4)c3)n[nH]c2C1.CC1CCc2c(C(=O)O)nn(COCC[Si](C)(C)C)c2C1.Nc1cnn(Cc2ccccc2)c1. The summed E-state index contributed by atoms with van der Waals surface area (Å²) in [7, 11) is -1.10. The second-order valence-corrected chi connectivity index (χ2v) is 22.6. The van der Waals surface area contributed by atoms with Crippen LogP contribution in [0, 0.1) is 11.8 Å². The van der Waals surface area contributed by atoms with Crippen molar-refractivity contribution in [3.63, 3.8) is 0 Å². The van der Waals surface area contributed by atoms with E-state index in [0.717, 1.165) is 80.2 Å². The fourth-order valence-electron chi connectivity index (χ4n) is 7.24. The minimum absolute atomic E-state index is 0. The Morgan fingerprint density at radius 1 is 0.867 bits per heavy atom. The van der Waals surface area contributed by atoms with Crippen LogP contribution in [0.1, 0.15) is 88.7 Å². The Balaban J connectivity index is 0.000000177. The number of benzene rings is 2. The third-order valence-electron chi connectivity index (χ3n) is 10.5. The summed E-state index contributed by atoms with van der Waals surface area (Å²) in [6.07, 6.45) is 12.7. The highest BCUT2D eigenvalue weighted by Gasteiger charge is 2.28. The Hall–Kier alpha value is -5.80. The average molecular weight is 835 g/mol. The molecule has 0 radical (unpaired) electrons. The number of aromatic amines is 1. The zero-order valence-electron chi connectivity index (χ0n) is 34.9. The van der Waals surface area contributed by atoms with Crippen molar-refractivity contribution in [1.29, 1.82) is 0 Å². The van der Waals surface area contributed by atoms with Crippen LogP contribution in [0.3, 0.4) is 0 Å². The highest BCUT2D eigenvalue weighted by Crippen LogP contribution is 2.29. The van der Waals surface area contributed by atoms with Crippen LogP contribution >= 0.6 is 0 Å². The number of carbonyl (C=O) groups excluding carboxylic acids is 1. The molecule has 0 bridgehead atoms. The summed E-state index contributed by atoms with van der Waals surface area (Å²) in [6, 6.07) is 21.4. The van der Waals surface area contributed by atoms with Crippen molar-refractivity contribution in [2.45, 2.75) is 105 Å². The number of nitrogens with one attached hydrogen (secondary N) is 2. The van der Waals surface area contributed by atoms with Crippen molar-refractivity contribution in [1.82, 2.24) is 39.5 Å². The molecule has 60 heavy (non-hydrogen) atoms. The van der Waals surface area contributed by atoms with Gasteiger partial charge in [-0.25, -0.2) is 9.48 Å². The number of rotatable bonds is 12. The van der Waals surface area contributed by atoms with Gasteiger partial charge in [0.1, 0.15) is 6.73 Å². The maximum atomic E-state index is 12.6. The number of anilines is 2. The predicted octanol–water partition coefficient (Wildman–Crippen LogP) is 8.20. The number of H-pyrrole nitrogens is 1. The Bertz CT molecular complexity index is 2270. The van der Waals surface area contributed by atoms with Gasteiger partial charge in [-0.2, -0.15) is 20.4 Å². The smallest absolute Gasteiger partial charge is 0.356 e. The highest BCUT2D eigenvalue weighted by atomic mass is 28.3. The molecule has 6 aromatic rings. The molecular weight excluding hydrogens is 773 g/mol. The number of fused-ring (bicyclic) bond motifs is 2. The summed E-state index contributed by atoms with van der Waals surface area (Å²) in [6.45, 7) is 13.9. The standard InChI is InChI=1S/C19H21N5O.C15H26N2O3Si.C10H11N3.CH4/c1-13-7-8-16-17(9-13)22-23-18(16)19(25)21-15-10-20-24(12-15)11-14-5-3-2-4-6-14;1-11-5-6-12-13(9-11)17(16-14(12)15(18)19)10-20-7-8-21(2,3)4;11-10-6-12-13(8-10)7-9-4-2-1-3-5-9;/h2-6,10,12-13H,7-9,11H2,1H3,(H,21,25)(H,22,23);11H,5-10H2,1-4H3,(H,18,19);1-6,8H,7,11H2;1H4. The first-order chi connectivity index (χ1) is 28.3. The topological polar surface area (TPSA) is 184 Å². The van der Waals surface area contributed by atoms with Crippen LogP contribution in [0.15, 0.2) is 85.5 Å². The van der Waals surface area contributed by atoms with Crippen LogP contribution in [0.2, 0.25) is 25.7 Å². The fraction of sp³-hybridized carbons (Fsp3) is 0.422. The first kappa shape index (κ1) is 45.3. The summed E-state index contributed by atoms with van der Waals surface area (Å²) >= 11 is 0. The molecule has 5 N–H and O–H groups in total. The maximum Gasteiger partial charge on any atom is 0.356 e. The third-order valence-corrected chi connectivity index (χ3v) is 12.2. The fourth-order valence-corrected chi connectivity index (χ4v) is 7.99. The minimum Gasteiger partial charge on any atom is -0.476 e. The average Bonchev–Trinajstić information content (AvgIpc) is 4.01. The number of hydrogen-bond acceptors (Lipinski definition) is 8. The summed E-state index contributed by atoms with van der Waals surface area (Å²) in [5, 5.41) is 32.1. The van der Waals surface area contributed by atoms with E-state index in [0.29, 0.717) is 42.2 Å². The van der Waals surface area contributed by atoms with Gasteiger partial charge in [0.2, 0.25) is 0 Å². The number of ether oxygens (including phenoxy) is 1. The number of aromatic nitrogens is 8. The van der Waals surface area contributed by atoms with Crippen molar-refractivity contribution in [2.24, 2.45) is 11.8 Å². The first-order valence-electron chi connectivity index (χ1n) is 20.5. The van der Waals surface area contributed by atoms with Crippen molar-refractivity contribution >= 4 is 31.3 Å². The Morgan fingerprint density at radius 2 is 1.47 bits per heavy atom. The predicted molar refractivity (Wildman–Crippen MR) is 239 cm³/mol. The molecule has 2 atom stereocenters. The van der Waals surface area contributed by atoms with Crippen molar-refractivity contribution < 1.29 is 19.4 Å². The van der Waals surface area contributed by atoms with Crippen LogP contribution in [-0.4, -0.2) is 71.2 Å². The summed E-state index contributed by atoms with van der Waals surface area (Å²) in [5.41, 5.74) is 14.2. The monoisotopic (exact) mass is 834 g/mol. The van der Waals surface area contributed by atoms with Gasteiger partial charge in [-0.3, -0.25) is 19.3 Å². The van der Waals surface area contributed by atoms with E-state index in [9.17, 15) is 14.7 Å². The lowest BCUT2D eigenvalue weighted by atomic mass is 9.88. The molecule has 0 aliphatic heterocycles. The Labute approximate surface area is 354 Å². The number of nitrogens with zero attached hydrogens (tertiary/aromatic N) is 7. The van der Waals surface area contributed by atoms with Crippen molar-refractivity contribution in [3.8, 4) is 0 Å². The second kappa shape index (κ2) is 20.9. The van der Waals surface area contributed by atoms with E-state index in [1.165, 1.54) is 11.1 Å². The summed E-state index contributed by atoms with van der Waals surface area (Å²) in [4.78, 5) is 23.9. The van der Waals surface area contributed by atoms with Gasteiger partial charge < -0.3 is 20.9 Å². The lowest BCUT2D eigenvalue weighted by molar-refractivity contribution is 0.0668. The molecule has 2 aromatic carbocycles. The number of nitrogen functional groups attached to an aromatic ring is 1. The molecule has 14 nitrogen and oxygen atoms in total. The maximum absolute atomic E-state index is 12.6. The van der Waals surface area contributed by atoms with Gasteiger partial charge >= 0.3 is 5.97 Å². The van der Waals surface area contributed by atoms with Crippen LogP contribution in [0.5, 0.6) is 0 Å². The number of carboxylic acid groups (broad SMARTS) is 1. The molecule has 2 aliphatic rings. The Kier molecular flexibility index (Phi) is 15.8. The molecule has 0 fully saturated rings. The summed E-state index contributed by atoms with van der Waals surface area (Å²) in [5.74, 6) is 0.115. The zero-order valence-corrected chi connectivity index (χ0v) is 35.9. The van der Waals surface area contributed by atoms with Crippen LogP contribution in [0.25, 0.3) is 0 Å². The molecule has 1 amide bonds. The molecule has 4 aromatic heterocycles. The molecule has 2 unspecified atom stereocenters. The van der Waals surface area contributed by atoms with Gasteiger partial charge in [-0.1, -0.05) is 102 Å². The number of carbonyl (C=O) groups is 2. The quantitative estimate of drug-likeness (QED) is 0.0697. The number of aromatic carboxylic acids is 1. The van der Waals surface area contributed by atoms with Gasteiger partial charge in [-0.15, -0.1) is 0 Å². The van der Waals surface area contributed by atoms with E-state index in [4.69, 9.17) is 10.5 Å². The van der Waals surface area contributed by atoms with Gasteiger partial charge in [0.25, 0.3) is 5.91 Å². The number of nitrogens with two attached hydrogens (primary N) is 1. The molecule has 320 valence electrons. The van der Waals surface area contributed by atoms with Gasteiger partial charge in [-0.05, 0) is 67.5 Å². The van der Waals surface area contributed by atoms with Gasteiger partial charge in [0.05, 0.1) is 36.9 Å². The third kappa shape index (κ3) is 12.8. The first-order valence-corrected chi connectivity index (χ1v) is 24.2. The highest BCUT2D eigenvalue weighted by molar-refractivity contribution is 6.76. The number of hydrogen-bond donors (Lipinski definition) is 4. The Morgan fingerprint density at radius 3 is 2.07 bits per heavy atom. The second-order valence-electron chi connectivity index (χ2n) is 17.0. The number of amides is 1. The number of carboxylic acids is 1. The van der Waals surface area contributed by atoms with Crippen LogP contribution in [-0.2, 0) is 50.2 Å². The van der Waals surface area contributed by atoms with E-state index >= 15 is 0 Å². The molecule has 2 aliphatic carbocycles. The van der Waals surface area contributed by atoms with Crippen LogP contribution in [0.4, 0.5) is 11.4 Å². The minimum atomic E-state index is -1.10. The molecule has 0 spiro atoms. The molecule has 8 rings (SSSR count). The van der Waals surface area contributed by atoms with Crippen molar-refractivity contribution in [2.75, 3.05) is 17.7 Å². The molecule has 15 heteroatoms. The van der Waals surface area contributed by atoms with E-state index in [1.807, 2.05) is 58.2 Å². The van der Waals surface area contributed by atoms with Crippen LogP contribution < -0.4 is 11.1 Å². The molecule has 4 heterocycles. The van der Waals surface area contributed by atoms with Gasteiger partial charge in [0.15, 0.2) is 11.4 Å². The molecule has 0 saturated carbocycles. The summed E-state index contributed by atoms with van der Waals surface area (Å²) < 4.78 is 11.1. The normalized spacial score (nSPS) is 15.6.